The highest BCUT2D eigenvalue weighted by Crippen LogP contribution is 2.37. The van der Waals surface area contributed by atoms with Crippen molar-refractivity contribution in [2.24, 2.45) is 0 Å². The van der Waals surface area contributed by atoms with Crippen molar-refractivity contribution in [3.8, 4) is 23.0 Å². The predicted octanol–water partition coefficient (Wildman–Crippen LogP) is 8.84. The third-order valence-corrected chi connectivity index (χ3v) is 12.6. The summed E-state index contributed by atoms with van der Waals surface area (Å²) in [6.07, 6.45) is -14.3. The summed E-state index contributed by atoms with van der Waals surface area (Å²) in [4.78, 5) is 48.0. The molecule has 4 aromatic carbocycles. The summed E-state index contributed by atoms with van der Waals surface area (Å²) >= 11 is 12.9. The molecule has 2 aliphatic heterocycles. The fourth-order valence-corrected chi connectivity index (χ4v) is 8.79. The van der Waals surface area contributed by atoms with E-state index in [4.69, 9.17) is 42.6 Å². The number of carbonyl (C=O) groups is 2. The van der Waals surface area contributed by atoms with Crippen LogP contribution in [0.3, 0.4) is 0 Å². The predicted molar refractivity (Wildman–Crippen MR) is 261 cm³/mol. The van der Waals surface area contributed by atoms with Crippen molar-refractivity contribution in [2.75, 3.05) is 93.0 Å². The second-order valence-corrected chi connectivity index (χ2v) is 18.1. The topological polar surface area (TPSA) is 154 Å². The first-order chi connectivity index (χ1) is 34.2. The van der Waals surface area contributed by atoms with Crippen molar-refractivity contribution in [3.63, 3.8) is 0 Å². The number of pyridine rings is 2. The van der Waals surface area contributed by atoms with E-state index in [0.29, 0.717) is 41.4 Å². The molecule has 15 nitrogen and oxygen atoms in total. The van der Waals surface area contributed by atoms with E-state index in [0.717, 1.165) is 98.4 Å². The van der Waals surface area contributed by atoms with Gasteiger partial charge in [-0.25, -0.2) is 9.97 Å². The Morgan fingerprint density at radius 2 is 1.04 bits per heavy atom. The van der Waals surface area contributed by atoms with E-state index in [1.165, 1.54) is 0 Å². The molecule has 2 fully saturated rings. The summed E-state index contributed by atoms with van der Waals surface area (Å²) in [5.41, 5.74) is 3.31. The second kappa shape index (κ2) is 21.7. The van der Waals surface area contributed by atoms with Crippen LogP contribution in [0.25, 0.3) is 21.8 Å². The summed E-state index contributed by atoms with van der Waals surface area (Å²) in [5.74, 6) is -2.75. The van der Waals surface area contributed by atoms with E-state index < -0.39 is 58.3 Å². The standard InChI is InChI=1S/C49H48Cl2F6N8O7/c1-28-22-42(64-16-12-62(3)13-17-64)60-38-8-4-30(24-34(28)38)58-46(67)44(69-40-10-6-32(26-36(40)50)71-48(52,53)54)45(70-41-11-7-33(27-37(41)51)72-49(55,56)57)47(68)59-31-5-9-39-35(25-31)29(2)23-43(61-39)65-18-14-63(15-19-65)20-21-66/h4-11,22-27,44-45,66H,12-21H2,1-3H3,(H,58,67)(H,59,68). The highest BCUT2D eigenvalue weighted by atomic mass is 35.5. The van der Waals surface area contributed by atoms with E-state index in [2.05, 4.69) is 39.7 Å². The number of piperazine rings is 2. The molecule has 0 spiro atoms. The summed E-state index contributed by atoms with van der Waals surface area (Å²) in [7, 11) is 2.05. The number of alkyl halides is 6. The van der Waals surface area contributed by atoms with Gasteiger partial charge in [-0.05, 0) is 105 Å². The quantitative estimate of drug-likeness (QED) is 0.0841. The number of anilines is 4. The molecule has 2 aliphatic rings. The molecule has 0 saturated carbocycles. The van der Waals surface area contributed by atoms with Gasteiger partial charge < -0.3 is 49.4 Å². The van der Waals surface area contributed by atoms with Gasteiger partial charge in [-0.15, -0.1) is 26.3 Å². The molecule has 2 atom stereocenters. The molecule has 4 heterocycles. The Balaban J connectivity index is 1.14. The van der Waals surface area contributed by atoms with Gasteiger partial charge in [0.25, 0.3) is 11.8 Å². The minimum absolute atomic E-state index is 0.0651. The van der Waals surface area contributed by atoms with Crippen LogP contribution in [0.4, 0.5) is 49.4 Å². The zero-order valence-corrected chi connectivity index (χ0v) is 40.4. The van der Waals surface area contributed by atoms with Crippen LogP contribution in [0.1, 0.15) is 11.1 Å². The molecule has 6 aromatic rings. The van der Waals surface area contributed by atoms with Gasteiger partial charge in [-0.1, -0.05) is 23.2 Å². The molecule has 0 bridgehead atoms. The maximum atomic E-state index is 14.8. The van der Waals surface area contributed by atoms with E-state index in [-0.39, 0.29) is 29.5 Å². The van der Waals surface area contributed by atoms with Crippen molar-refractivity contribution in [1.82, 2.24) is 19.8 Å². The van der Waals surface area contributed by atoms with Gasteiger partial charge in [0.2, 0.25) is 12.2 Å². The van der Waals surface area contributed by atoms with Crippen LogP contribution in [-0.2, 0) is 9.59 Å². The number of aliphatic hydroxyl groups is 1. The van der Waals surface area contributed by atoms with Crippen molar-refractivity contribution >= 4 is 79.8 Å². The number of rotatable bonds is 15. The largest absolute Gasteiger partial charge is 0.573 e. The number of nitrogens with one attached hydrogen (secondary N) is 2. The number of ether oxygens (including phenoxy) is 4. The number of likely N-dealkylation sites (N-methyl/N-ethyl adjacent to an activating group) is 1. The van der Waals surface area contributed by atoms with Gasteiger partial charge in [0.15, 0.2) is 0 Å². The first-order valence-electron chi connectivity index (χ1n) is 22.6. The normalized spacial score (nSPS) is 15.8. The summed E-state index contributed by atoms with van der Waals surface area (Å²) < 4.78 is 99.4. The number of β-amino-alcohol motifs (C(OH)–C–C–N with tert-alkyl or cyclic N) is 1. The van der Waals surface area contributed by atoms with E-state index in [1.807, 2.05) is 33.0 Å². The van der Waals surface area contributed by atoms with Crippen LogP contribution in [0, 0.1) is 13.8 Å². The van der Waals surface area contributed by atoms with Crippen molar-refractivity contribution < 1.29 is 60.0 Å². The molecular weight excluding hydrogens is 997 g/mol. The molecule has 0 aliphatic carbocycles. The third kappa shape index (κ3) is 12.9. The summed E-state index contributed by atoms with van der Waals surface area (Å²) in [6, 6.07) is 19.0. The Bertz CT molecular complexity index is 2960. The van der Waals surface area contributed by atoms with Crippen LogP contribution in [0.5, 0.6) is 23.0 Å². The third-order valence-electron chi connectivity index (χ3n) is 12.1. The number of hydrogen-bond acceptors (Lipinski definition) is 13. The lowest BCUT2D eigenvalue weighted by Gasteiger charge is -2.35. The molecule has 2 saturated heterocycles. The molecule has 2 amide bonds. The lowest BCUT2D eigenvalue weighted by molar-refractivity contribution is -0.275. The van der Waals surface area contributed by atoms with E-state index in [9.17, 15) is 41.0 Å². The monoisotopic (exact) mass is 1040 g/mol. The highest BCUT2D eigenvalue weighted by Gasteiger charge is 2.40. The maximum Gasteiger partial charge on any atom is 0.573 e. The Morgan fingerprint density at radius 3 is 1.43 bits per heavy atom. The van der Waals surface area contributed by atoms with Gasteiger partial charge in [0, 0.05) is 93.2 Å². The zero-order chi connectivity index (χ0) is 51.5. The number of aromatic nitrogens is 2. The fraction of sp³-hybridized carbons (Fsp3) is 0.347. The Morgan fingerprint density at radius 1 is 0.625 bits per heavy atom. The van der Waals surface area contributed by atoms with E-state index in [1.54, 1.807) is 36.4 Å². The number of nitrogens with zero attached hydrogens (tertiary/aromatic N) is 6. The molecule has 72 heavy (non-hydrogen) atoms. The van der Waals surface area contributed by atoms with Crippen molar-refractivity contribution in [3.05, 3.63) is 106 Å². The molecule has 2 aromatic heterocycles. The van der Waals surface area contributed by atoms with E-state index >= 15 is 0 Å². The molecule has 382 valence electrons. The first-order valence-corrected chi connectivity index (χ1v) is 23.3. The van der Waals surface area contributed by atoms with Crippen LogP contribution >= 0.6 is 23.2 Å². The molecule has 0 radical (unpaired) electrons. The molecular formula is C49H48Cl2F6N8O7. The Hall–Kier alpha value is -6.52. The molecule has 23 heteroatoms. The zero-order valence-electron chi connectivity index (χ0n) is 38.9. The lowest BCUT2D eigenvalue weighted by atomic mass is 10.1. The number of benzene rings is 4. The minimum atomic E-state index is -5.08. The minimum Gasteiger partial charge on any atom is -0.474 e. The number of fused-ring (bicyclic) bond motifs is 2. The average Bonchev–Trinajstić information content (AvgIpc) is 3.31. The fourth-order valence-electron chi connectivity index (χ4n) is 8.36. The SMILES string of the molecule is Cc1cc(N2CCN(C)CC2)nc2ccc(NC(=O)C(Oc3ccc(OC(F)(F)F)cc3Cl)C(Oc3ccc(OC(F)(F)F)cc3Cl)C(=O)Nc3ccc4nc(N5CCN(CCO)CC5)cc(C)c4c3)cc12. The Kier molecular flexibility index (Phi) is 15.6. The van der Waals surface area contributed by atoms with Crippen LogP contribution in [0.2, 0.25) is 10.0 Å². The molecule has 3 N–H and O–H groups in total. The number of aryl methyl sites for hydroxylation is 2. The Labute approximate surface area is 419 Å². The molecule has 2 unspecified atom stereocenters. The lowest BCUT2D eigenvalue weighted by Crippen LogP contribution is -2.51. The van der Waals surface area contributed by atoms with Crippen LogP contribution in [0.15, 0.2) is 84.9 Å². The molecule has 8 rings (SSSR count). The highest BCUT2D eigenvalue weighted by molar-refractivity contribution is 6.32. The maximum absolute atomic E-state index is 14.8. The van der Waals surface area contributed by atoms with Gasteiger partial charge >= 0.3 is 12.7 Å². The number of amides is 2. The number of carbonyl (C=O) groups excluding carboxylic acids is 2. The van der Waals surface area contributed by atoms with Crippen LogP contribution in [-0.4, -0.2) is 134 Å². The average molecular weight is 1050 g/mol. The first kappa shape index (κ1) is 51.8. The smallest absolute Gasteiger partial charge is 0.474 e. The van der Waals surface area contributed by atoms with Crippen LogP contribution < -0.4 is 39.4 Å². The van der Waals surface area contributed by atoms with Crippen molar-refractivity contribution in [2.45, 2.75) is 38.8 Å². The number of halogens is 8. The summed E-state index contributed by atoms with van der Waals surface area (Å²) in [6.45, 7) is 10.6. The number of hydrogen-bond donors (Lipinski definition) is 3. The van der Waals surface area contributed by atoms with Gasteiger partial charge in [-0.3, -0.25) is 14.5 Å². The van der Waals surface area contributed by atoms with Gasteiger partial charge in [-0.2, -0.15) is 0 Å². The number of aliphatic hydroxyl groups excluding tert-OH is 1. The van der Waals surface area contributed by atoms with Gasteiger partial charge in [0.05, 0.1) is 27.7 Å². The van der Waals surface area contributed by atoms with Gasteiger partial charge in [0.1, 0.15) is 34.6 Å². The second-order valence-electron chi connectivity index (χ2n) is 17.2. The summed E-state index contributed by atoms with van der Waals surface area (Å²) in [5, 5.41) is 15.3. The van der Waals surface area contributed by atoms with Crippen molar-refractivity contribution in [1.29, 1.82) is 0 Å².